The summed E-state index contributed by atoms with van der Waals surface area (Å²) in [6.45, 7) is 2.18. The highest BCUT2D eigenvalue weighted by Gasteiger charge is 2.38. The number of benzene rings is 3. The van der Waals surface area contributed by atoms with Crippen LogP contribution >= 0.6 is 11.8 Å². The maximum atomic E-state index is 12.6. The zero-order valence-corrected chi connectivity index (χ0v) is 24.1. The monoisotopic (exact) mass is 592 g/mol. The molecular weight excluding hydrogens is 560 g/mol. The Kier molecular flexibility index (Phi) is 9.39. The molecule has 4 aromatic rings. The van der Waals surface area contributed by atoms with Crippen molar-refractivity contribution in [2.75, 3.05) is 5.75 Å². The Morgan fingerprint density at radius 3 is 2.22 bits per heavy atom. The summed E-state index contributed by atoms with van der Waals surface area (Å²) in [7, 11) is -3.62. The Bertz CT molecular complexity index is 1530. The van der Waals surface area contributed by atoms with E-state index >= 15 is 0 Å². The van der Waals surface area contributed by atoms with E-state index in [4.69, 9.17) is 9.47 Å². The van der Waals surface area contributed by atoms with Gasteiger partial charge in [-0.1, -0.05) is 85.4 Å². The van der Waals surface area contributed by atoms with Gasteiger partial charge in [-0.2, -0.15) is 4.73 Å². The lowest BCUT2D eigenvalue weighted by Gasteiger charge is -2.41. The van der Waals surface area contributed by atoms with Gasteiger partial charge in [0.25, 0.3) is 5.03 Å². The van der Waals surface area contributed by atoms with Crippen LogP contribution in [-0.2, 0) is 32.6 Å². The van der Waals surface area contributed by atoms with E-state index in [2.05, 4.69) is 11.6 Å². The molecule has 2 heterocycles. The number of thioether (sulfide) groups is 1. The number of nitrogens with zero attached hydrogens (tertiary/aromatic N) is 1. The van der Waals surface area contributed by atoms with E-state index in [1.165, 1.54) is 18.0 Å². The van der Waals surface area contributed by atoms with E-state index in [0.29, 0.717) is 10.8 Å². The second-order valence-corrected chi connectivity index (χ2v) is 12.7. The summed E-state index contributed by atoms with van der Waals surface area (Å²) in [6.07, 6.45) is 0.315. The summed E-state index contributed by atoms with van der Waals surface area (Å²) in [5.41, 5.74) is 3.39. The molecule has 4 atom stereocenters. The highest BCUT2D eigenvalue weighted by atomic mass is 32.2. The van der Waals surface area contributed by atoms with Crippen molar-refractivity contribution < 1.29 is 27.7 Å². The first-order valence-electron chi connectivity index (χ1n) is 13.3. The first-order valence-corrected chi connectivity index (χ1v) is 15.8. The van der Waals surface area contributed by atoms with Crippen molar-refractivity contribution in [1.29, 1.82) is 0 Å². The third kappa shape index (κ3) is 7.16. The summed E-state index contributed by atoms with van der Waals surface area (Å²) in [6, 6.07) is 28.7. The number of hydrogen-bond acceptors (Lipinski definition) is 7. The van der Waals surface area contributed by atoms with E-state index in [9.17, 15) is 18.7 Å². The van der Waals surface area contributed by atoms with Gasteiger partial charge in [0.15, 0.2) is 12.5 Å². The standard InChI is InChI=1S/C31H32N2O6S2/c1-22-28(21-40-29-9-5-6-18-33(29)35)38-31(39-30(22)25-14-12-24(20-34)13-15-25)26-16-10-23(11-17-26)19-32-41(36,37)27-7-3-2-4-8-27/h2-18,22,28,30-32,34H,19-21H2,1H3/t22-,28+,30+,31+/m0/s1. The normalized spacial score (nSPS) is 21.0. The minimum atomic E-state index is -3.62. The van der Waals surface area contributed by atoms with Gasteiger partial charge in [0, 0.05) is 35.9 Å². The summed E-state index contributed by atoms with van der Waals surface area (Å²) >= 11 is 1.44. The van der Waals surface area contributed by atoms with Gasteiger partial charge >= 0.3 is 0 Å². The number of hydrogen-bond donors (Lipinski definition) is 2. The first-order chi connectivity index (χ1) is 19.8. The fourth-order valence-electron chi connectivity index (χ4n) is 4.66. The topological polar surface area (TPSA) is 112 Å². The molecule has 1 aromatic heterocycles. The van der Waals surface area contributed by atoms with Crippen LogP contribution in [0.5, 0.6) is 0 Å². The molecule has 1 fully saturated rings. The lowest BCUT2D eigenvalue weighted by Crippen LogP contribution is -2.39. The van der Waals surface area contributed by atoms with Gasteiger partial charge in [-0.3, -0.25) is 0 Å². The van der Waals surface area contributed by atoms with Crippen molar-refractivity contribution in [3.05, 3.63) is 131 Å². The van der Waals surface area contributed by atoms with Crippen molar-refractivity contribution in [3.63, 3.8) is 0 Å². The fourth-order valence-corrected chi connectivity index (χ4v) is 6.77. The minimum absolute atomic E-state index is 0.0193. The van der Waals surface area contributed by atoms with E-state index < -0.39 is 16.3 Å². The molecule has 0 spiro atoms. The van der Waals surface area contributed by atoms with Crippen molar-refractivity contribution in [2.45, 2.75) is 48.5 Å². The smallest absolute Gasteiger partial charge is 0.251 e. The summed E-state index contributed by atoms with van der Waals surface area (Å²) in [4.78, 5) is 0.217. The molecule has 2 N–H and O–H groups in total. The Labute approximate surface area is 244 Å². The van der Waals surface area contributed by atoms with Crippen LogP contribution in [0.25, 0.3) is 0 Å². The molecule has 0 bridgehead atoms. The fraction of sp³-hybridized carbons (Fsp3) is 0.258. The van der Waals surface area contributed by atoms with Gasteiger partial charge in [-0.25, -0.2) is 13.1 Å². The van der Waals surface area contributed by atoms with Crippen LogP contribution in [0, 0.1) is 11.1 Å². The van der Waals surface area contributed by atoms with Crippen molar-refractivity contribution in [2.24, 2.45) is 5.92 Å². The molecule has 41 heavy (non-hydrogen) atoms. The van der Waals surface area contributed by atoms with Crippen molar-refractivity contribution >= 4 is 21.8 Å². The molecule has 214 valence electrons. The summed E-state index contributed by atoms with van der Waals surface area (Å²) in [5.74, 6) is 0.534. The van der Waals surface area contributed by atoms with Crippen LogP contribution in [0.3, 0.4) is 0 Å². The van der Waals surface area contributed by atoms with Crippen LogP contribution < -0.4 is 9.45 Å². The number of aliphatic hydroxyl groups excluding tert-OH is 1. The predicted octanol–water partition coefficient (Wildman–Crippen LogP) is 4.87. The van der Waals surface area contributed by atoms with Gasteiger partial charge in [-0.05, 0) is 34.9 Å². The van der Waals surface area contributed by atoms with E-state index in [1.807, 2.05) is 54.6 Å². The number of pyridine rings is 1. The molecule has 0 aliphatic carbocycles. The zero-order chi connectivity index (χ0) is 28.8. The van der Waals surface area contributed by atoms with Crippen molar-refractivity contribution in [1.82, 2.24) is 4.72 Å². The van der Waals surface area contributed by atoms with Gasteiger partial charge in [0.1, 0.15) is 0 Å². The number of aromatic nitrogens is 1. The second-order valence-electron chi connectivity index (χ2n) is 9.88. The average Bonchev–Trinajstić information content (AvgIpc) is 3.01. The Hall–Kier alpha value is -3.25. The van der Waals surface area contributed by atoms with Crippen LogP contribution in [-0.4, -0.2) is 25.4 Å². The van der Waals surface area contributed by atoms with Gasteiger partial charge in [0.05, 0.1) is 23.7 Å². The molecule has 3 aromatic carbocycles. The molecule has 10 heteroatoms. The Morgan fingerprint density at radius 2 is 1.54 bits per heavy atom. The summed E-state index contributed by atoms with van der Waals surface area (Å²) in [5, 5.41) is 22.3. The number of ether oxygens (including phenoxy) is 2. The highest BCUT2D eigenvalue weighted by molar-refractivity contribution is 7.99. The lowest BCUT2D eigenvalue weighted by molar-refractivity contribution is -0.645. The molecule has 0 unspecified atom stereocenters. The Morgan fingerprint density at radius 1 is 0.878 bits per heavy atom. The maximum Gasteiger partial charge on any atom is 0.251 e. The van der Waals surface area contributed by atoms with E-state index in [-0.39, 0.29) is 36.2 Å². The van der Waals surface area contributed by atoms with Gasteiger partial charge in [-0.15, -0.1) is 0 Å². The molecule has 0 amide bonds. The quantitative estimate of drug-likeness (QED) is 0.153. The third-order valence-electron chi connectivity index (χ3n) is 7.08. The summed E-state index contributed by atoms with van der Waals surface area (Å²) < 4.78 is 41.6. The van der Waals surface area contributed by atoms with Crippen LogP contribution in [0.4, 0.5) is 0 Å². The molecule has 8 nitrogen and oxygen atoms in total. The maximum absolute atomic E-state index is 12.6. The molecule has 1 aliphatic heterocycles. The number of rotatable bonds is 10. The van der Waals surface area contributed by atoms with Crippen LogP contribution in [0.1, 0.15) is 41.6 Å². The van der Waals surface area contributed by atoms with E-state index in [0.717, 1.165) is 27.0 Å². The van der Waals surface area contributed by atoms with Crippen LogP contribution in [0.15, 0.2) is 113 Å². The first kappa shape index (κ1) is 29.2. The van der Waals surface area contributed by atoms with Crippen LogP contribution in [0.2, 0.25) is 0 Å². The lowest BCUT2D eigenvalue weighted by atomic mass is 9.91. The average molecular weight is 593 g/mol. The number of sulfonamides is 1. The zero-order valence-electron chi connectivity index (χ0n) is 22.5. The largest absolute Gasteiger partial charge is 0.618 e. The van der Waals surface area contributed by atoms with Gasteiger partial charge in [0.2, 0.25) is 10.0 Å². The molecule has 5 rings (SSSR count). The molecule has 0 saturated carbocycles. The SMILES string of the molecule is C[C@H]1[C@@H](CSc2cccc[n+]2[O-])O[C@@H](c2ccc(CNS(=O)(=O)c3ccccc3)cc2)O[C@H]1c1ccc(CO)cc1. The number of aliphatic hydroxyl groups is 1. The van der Waals surface area contributed by atoms with Gasteiger partial charge < -0.3 is 19.8 Å². The third-order valence-corrected chi connectivity index (χ3v) is 9.60. The molecule has 1 aliphatic rings. The van der Waals surface area contributed by atoms with Crippen molar-refractivity contribution in [3.8, 4) is 0 Å². The number of nitrogens with one attached hydrogen (secondary N) is 1. The highest BCUT2D eigenvalue weighted by Crippen LogP contribution is 2.42. The molecular formula is C31H32N2O6S2. The Balaban J connectivity index is 1.33. The second kappa shape index (κ2) is 13.2. The molecule has 1 saturated heterocycles. The predicted molar refractivity (Wildman–Crippen MR) is 156 cm³/mol. The van der Waals surface area contributed by atoms with E-state index in [1.54, 1.807) is 42.5 Å². The molecule has 0 radical (unpaired) electrons. The minimum Gasteiger partial charge on any atom is -0.618 e.